The minimum atomic E-state index is -0.271. The largest absolute Gasteiger partial charge is 0.616 e. The SMILES string of the molecule is O=C(COc1cccc[n+]1[O-])NCCc1ccc(Cl)cc1. The summed E-state index contributed by atoms with van der Waals surface area (Å²) in [5, 5.41) is 14.7. The van der Waals surface area contributed by atoms with Crippen LogP contribution in [0.4, 0.5) is 0 Å². The first-order chi connectivity index (χ1) is 10.1. The van der Waals surface area contributed by atoms with E-state index >= 15 is 0 Å². The van der Waals surface area contributed by atoms with Gasteiger partial charge in [0, 0.05) is 17.6 Å². The fourth-order valence-electron chi connectivity index (χ4n) is 1.71. The second-order valence-electron chi connectivity index (χ2n) is 4.38. The van der Waals surface area contributed by atoms with Crippen molar-refractivity contribution in [2.75, 3.05) is 13.2 Å². The van der Waals surface area contributed by atoms with Gasteiger partial charge in [0.2, 0.25) is 0 Å². The summed E-state index contributed by atoms with van der Waals surface area (Å²) in [6.07, 6.45) is 2.02. The number of ether oxygens (including phenoxy) is 1. The summed E-state index contributed by atoms with van der Waals surface area (Å²) < 4.78 is 5.71. The van der Waals surface area contributed by atoms with Gasteiger partial charge in [0.15, 0.2) is 12.8 Å². The Hall–Kier alpha value is -2.27. The Morgan fingerprint density at radius 1 is 1.24 bits per heavy atom. The van der Waals surface area contributed by atoms with E-state index in [1.807, 2.05) is 24.3 Å². The van der Waals surface area contributed by atoms with E-state index in [9.17, 15) is 10.0 Å². The molecule has 0 atom stereocenters. The number of benzene rings is 1. The molecule has 1 aromatic heterocycles. The Morgan fingerprint density at radius 2 is 2.00 bits per heavy atom. The maximum absolute atomic E-state index is 11.6. The lowest BCUT2D eigenvalue weighted by Crippen LogP contribution is -2.34. The summed E-state index contributed by atoms with van der Waals surface area (Å²) in [5.74, 6) is -0.168. The van der Waals surface area contributed by atoms with E-state index in [0.717, 1.165) is 5.56 Å². The number of nitrogens with one attached hydrogen (secondary N) is 1. The maximum Gasteiger partial charge on any atom is 0.379 e. The Kier molecular flexibility index (Phi) is 5.40. The third-order valence-electron chi connectivity index (χ3n) is 2.79. The number of hydrogen-bond donors (Lipinski definition) is 1. The highest BCUT2D eigenvalue weighted by Gasteiger charge is 2.08. The summed E-state index contributed by atoms with van der Waals surface area (Å²) >= 11 is 5.79. The predicted octanol–water partition coefficient (Wildman–Crippen LogP) is 1.71. The molecule has 0 radical (unpaired) electrons. The second kappa shape index (κ2) is 7.50. The Bertz CT molecular complexity index is 602. The zero-order valence-corrected chi connectivity index (χ0v) is 12.0. The Labute approximate surface area is 127 Å². The Balaban J connectivity index is 1.70. The summed E-state index contributed by atoms with van der Waals surface area (Å²) in [7, 11) is 0. The first kappa shape index (κ1) is 15.1. The van der Waals surface area contributed by atoms with Crippen molar-refractivity contribution in [2.24, 2.45) is 0 Å². The molecule has 0 aliphatic carbocycles. The first-order valence-corrected chi connectivity index (χ1v) is 6.85. The molecule has 0 saturated carbocycles. The normalized spacial score (nSPS) is 10.1. The van der Waals surface area contributed by atoms with Gasteiger partial charge in [-0.15, -0.1) is 4.73 Å². The molecule has 110 valence electrons. The van der Waals surface area contributed by atoms with Crippen LogP contribution in [0.5, 0.6) is 5.88 Å². The van der Waals surface area contributed by atoms with Crippen LogP contribution in [-0.2, 0) is 11.2 Å². The van der Waals surface area contributed by atoms with Crippen molar-refractivity contribution < 1.29 is 14.3 Å². The number of amides is 1. The molecule has 0 spiro atoms. The molecule has 21 heavy (non-hydrogen) atoms. The van der Waals surface area contributed by atoms with Crippen molar-refractivity contribution in [1.82, 2.24) is 5.32 Å². The van der Waals surface area contributed by atoms with Gasteiger partial charge in [0.25, 0.3) is 5.91 Å². The highest BCUT2D eigenvalue weighted by molar-refractivity contribution is 6.30. The van der Waals surface area contributed by atoms with Crippen LogP contribution in [0, 0.1) is 5.21 Å². The van der Waals surface area contributed by atoms with Gasteiger partial charge in [-0.2, -0.15) is 0 Å². The lowest BCUT2D eigenvalue weighted by molar-refractivity contribution is -0.612. The number of pyridine rings is 1. The van der Waals surface area contributed by atoms with Crippen LogP contribution in [-0.4, -0.2) is 19.1 Å². The van der Waals surface area contributed by atoms with E-state index in [1.165, 1.54) is 12.3 Å². The second-order valence-corrected chi connectivity index (χ2v) is 4.82. The molecule has 0 fully saturated rings. The quantitative estimate of drug-likeness (QED) is 0.653. The molecule has 2 aromatic rings. The summed E-state index contributed by atoms with van der Waals surface area (Å²) in [5.41, 5.74) is 1.08. The molecule has 0 bridgehead atoms. The molecule has 1 N–H and O–H groups in total. The fraction of sp³-hybridized carbons (Fsp3) is 0.200. The van der Waals surface area contributed by atoms with Crippen LogP contribution in [0.15, 0.2) is 48.7 Å². The van der Waals surface area contributed by atoms with Gasteiger partial charge >= 0.3 is 5.88 Å². The van der Waals surface area contributed by atoms with E-state index in [2.05, 4.69) is 5.32 Å². The molecule has 1 aromatic carbocycles. The lowest BCUT2D eigenvalue weighted by atomic mass is 10.1. The van der Waals surface area contributed by atoms with Crippen molar-refractivity contribution in [3.8, 4) is 5.88 Å². The van der Waals surface area contributed by atoms with Crippen LogP contribution in [0.2, 0.25) is 5.02 Å². The van der Waals surface area contributed by atoms with Crippen LogP contribution >= 0.6 is 11.6 Å². The van der Waals surface area contributed by atoms with Crippen molar-refractivity contribution in [1.29, 1.82) is 0 Å². The molecular formula is C15H15ClN2O3. The highest BCUT2D eigenvalue weighted by Crippen LogP contribution is 2.09. The molecule has 5 nitrogen and oxygen atoms in total. The molecule has 6 heteroatoms. The fourth-order valence-corrected chi connectivity index (χ4v) is 1.84. The predicted molar refractivity (Wildman–Crippen MR) is 79.1 cm³/mol. The van der Waals surface area contributed by atoms with Gasteiger partial charge in [-0.3, -0.25) is 4.79 Å². The van der Waals surface area contributed by atoms with Gasteiger partial charge in [-0.05, 0) is 30.2 Å². The molecule has 0 unspecified atom stereocenters. The molecule has 1 amide bonds. The summed E-state index contributed by atoms with van der Waals surface area (Å²) in [6.45, 7) is 0.308. The number of hydrogen-bond acceptors (Lipinski definition) is 3. The van der Waals surface area contributed by atoms with Crippen LogP contribution in [0.3, 0.4) is 0 Å². The molecule has 1 heterocycles. The van der Waals surface area contributed by atoms with Crippen molar-refractivity contribution >= 4 is 17.5 Å². The standard InChI is InChI=1S/C15H15ClN2O3/c16-13-6-4-12(5-7-13)8-9-17-14(19)11-21-15-3-1-2-10-18(15)20/h1-7,10H,8-9,11H2,(H,17,19). The zero-order valence-electron chi connectivity index (χ0n) is 11.3. The Morgan fingerprint density at radius 3 is 2.71 bits per heavy atom. The van der Waals surface area contributed by atoms with Gasteiger partial charge in [-0.25, -0.2) is 0 Å². The van der Waals surface area contributed by atoms with Crippen LogP contribution in [0.25, 0.3) is 0 Å². The zero-order chi connectivity index (χ0) is 15.1. The highest BCUT2D eigenvalue weighted by atomic mass is 35.5. The first-order valence-electron chi connectivity index (χ1n) is 6.47. The third-order valence-corrected chi connectivity index (χ3v) is 3.04. The van der Waals surface area contributed by atoms with E-state index < -0.39 is 0 Å². The maximum atomic E-state index is 11.6. The molecule has 0 saturated heterocycles. The lowest BCUT2D eigenvalue weighted by Gasteiger charge is -2.07. The molecule has 2 rings (SSSR count). The van der Waals surface area contributed by atoms with Crippen LogP contribution < -0.4 is 14.8 Å². The van der Waals surface area contributed by atoms with E-state index in [1.54, 1.807) is 12.1 Å². The number of rotatable bonds is 6. The minimum absolute atomic E-state index is 0.102. The van der Waals surface area contributed by atoms with Crippen molar-refractivity contribution in [3.05, 3.63) is 64.5 Å². The molecule has 0 aliphatic rings. The summed E-state index contributed by atoms with van der Waals surface area (Å²) in [6, 6.07) is 12.2. The monoisotopic (exact) mass is 306 g/mol. The number of aromatic nitrogens is 1. The third kappa shape index (κ3) is 4.96. The van der Waals surface area contributed by atoms with E-state index in [-0.39, 0.29) is 18.4 Å². The number of nitrogens with zero attached hydrogens (tertiary/aromatic N) is 1. The average Bonchev–Trinajstić information content (AvgIpc) is 2.48. The molecule has 0 aliphatic heterocycles. The number of carbonyl (C=O) groups is 1. The molecular weight excluding hydrogens is 292 g/mol. The van der Waals surface area contributed by atoms with E-state index in [0.29, 0.717) is 22.7 Å². The summed E-state index contributed by atoms with van der Waals surface area (Å²) in [4.78, 5) is 11.6. The van der Waals surface area contributed by atoms with Gasteiger partial charge < -0.3 is 15.3 Å². The van der Waals surface area contributed by atoms with Crippen molar-refractivity contribution in [2.45, 2.75) is 6.42 Å². The number of halogens is 1. The van der Waals surface area contributed by atoms with Crippen molar-refractivity contribution in [3.63, 3.8) is 0 Å². The van der Waals surface area contributed by atoms with Gasteiger partial charge in [0.1, 0.15) is 0 Å². The van der Waals surface area contributed by atoms with Gasteiger partial charge in [-0.1, -0.05) is 23.7 Å². The topological polar surface area (TPSA) is 65.3 Å². The van der Waals surface area contributed by atoms with Crippen LogP contribution in [0.1, 0.15) is 5.56 Å². The smallest absolute Gasteiger partial charge is 0.379 e. The number of carbonyl (C=O) groups excluding carboxylic acids is 1. The average molecular weight is 307 g/mol. The van der Waals surface area contributed by atoms with Gasteiger partial charge in [0.05, 0.1) is 6.07 Å². The minimum Gasteiger partial charge on any atom is -0.616 e. The van der Waals surface area contributed by atoms with E-state index in [4.69, 9.17) is 16.3 Å².